The van der Waals surface area contributed by atoms with Gasteiger partial charge in [-0.05, 0) is 396 Å². The molecule has 4 nitrogen and oxygen atoms in total. The Morgan fingerprint density at radius 3 is 0.968 bits per heavy atom. The minimum absolute atomic E-state index is 0.417. The van der Waals surface area contributed by atoms with Gasteiger partial charge in [-0.15, -0.1) is 22.7 Å². The van der Waals surface area contributed by atoms with Gasteiger partial charge >= 0.3 is 0 Å². The summed E-state index contributed by atoms with van der Waals surface area (Å²) in [6, 6.07) is 105. The van der Waals surface area contributed by atoms with Gasteiger partial charge in [0, 0.05) is 80.8 Å². The predicted octanol–water partition coefficient (Wildman–Crippen LogP) is 35.7. The quantitative estimate of drug-likeness (QED) is 0.102. The molecule has 3 heterocycles. The Hall–Kier alpha value is -9.72. The Bertz CT molecular complexity index is 6350. The van der Waals surface area contributed by atoms with Crippen molar-refractivity contribution in [3.05, 3.63) is 306 Å². The maximum absolute atomic E-state index is 6.34. The molecular weight excluding hydrogens is 1560 g/mol. The fourth-order valence-electron chi connectivity index (χ4n) is 30.3. The summed E-state index contributed by atoms with van der Waals surface area (Å²) in [7, 11) is 0. The van der Waals surface area contributed by atoms with Crippen LogP contribution in [0.5, 0.6) is 0 Å². The molecule has 6 heteroatoms. The predicted molar refractivity (Wildman–Crippen MR) is 533 cm³/mol. The van der Waals surface area contributed by atoms with Crippen molar-refractivity contribution in [3.63, 3.8) is 0 Å². The fourth-order valence-corrected chi connectivity index (χ4v) is 32.6. The largest absolute Gasteiger partial charge is 0.456 e. The van der Waals surface area contributed by atoms with E-state index in [1.165, 1.54) is 331 Å². The summed E-state index contributed by atoms with van der Waals surface area (Å²) < 4.78 is 11.8. The Morgan fingerprint density at radius 1 is 0.238 bits per heavy atom. The molecule has 15 fully saturated rings. The Labute approximate surface area is 755 Å². The molecular formula is C120H123N3OS2. The zero-order chi connectivity index (χ0) is 83.0. The fraction of sp³-hybridized carbons (Fsp3) is 0.400. The molecule has 12 bridgehead atoms. The highest BCUT2D eigenvalue weighted by Crippen LogP contribution is 2.65. The van der Waals surface area contributed by atoms with Crippen LogP contribution in [0.15, 0.2) is 277 Å². The van der Waals surface area contributed by atoms with Gasteiger partial charge < -0.3 is 19.1 Å². The van der Waals surface area contributed by atoms with E-state index in [0.717, 1.165) is 76.3 Å². The number of rotatable bonds is 15. The molecule has 126 heavy (non-hydrogen) atoms. The van der Waals surface area contributed by atoms with Crippen molar-refractivity contribution >= 4 is 136 Å². The molecule has 0 spiro atoms. The van der Waals surface area contributed by atoms with Gasteiger partial charge in [-0.25, -0.2) is 0 Å². The summed E-state index contributed by atoms with van der Waals surface area (Å²) in [5.74, 6) is 10.9. The second-order valence-corrected chi connectivity index (χ2v) is 44.9. The van der Waals surface area contributed by atoms with Gasteiger partial charge in [-0.2, -0.15) is 0 Å². The summed E-state index contributed by atoms with van der Waals surface area (Å²) in [5, 5.41) is 7.83. The highest BCUT2D eigenvalue weighted by Gasteiger charge is 2.54. The van der Waals surface area contributed by atoms with Crippen LogP contribution in [0.25, 0.3) is 62.3 Å². The van der Waals surface area contributed by atoms with Gasteiger partial charge in [0.25, 0.3) is 0 Å². The van der Waals surface area contributed by atoms with Crippen LogP contribution in [0.2, 0.25) is 0 Å². The zero-order valence-corrected chi connectivity index (χ0v) is 75.4. The van der Waals surface area contributed by atoms with E-state index in [-0.39, 0.29) is 0 Å². The minimum Gasteiger partial charge on any atom is -0.456 e. The van der Waals surface area contributed by atoms with Crippen LogP contribution >= 0.6 is 22.7 Å². The lowest BCUT2D eigenvalue weighted by Crippen LogP contribution is -2.48. The molecule has 30 rings (SSSR count). The second kappa shape index (κ2) is 32.5. The average molecular weight is 1690 g/mol. The summed E-state index contributed by atoms with van der Waals surface area (Å²) in [6.07, 6.45) is 46.7. The number of hydrogen-bond donors (Lipinski definition) is 0. The van der Waals surface area contributed by atoms with E-state index in [4.69, 9.17) is 4.42 Å². The van der Waals surface area contributed by atoms with Crippen LogP contribution in [0.3, 0.4) is 0 Å². The van der Waals surface area contributed by atoms with Crippen LogP contribution in [0.4, 0.5) is 51.2 Å². The normalized spacial score (nSPS) is 27.2. The van der Waals surface area contributed by atoms with Crippen molar-refractivity contribution in [2.75, 3.05) is 14.7 Å². The lowest BCUT2D eigenvalue weighted by atomic mass is 9.48. The van der Waals surface area contributed by atoms with Gasteiger partial charge in [0.05, 0.1) is 21.5 Å². The molecule has 15 aromatic rings. The van der Waals surface area contributed by atoms with Crippen LogP contribution in [-0.2, 0) is 16.2 Å². The zero-order valence-electron chi connectivity index (χ0n) is 73.8. The van der Waals surface area contributed by atoms with Gasteiger partial charge in [0.1, 0.15) is 11.2 Å². The topological polar surface area (TPSA) is 22.9 Å². The first kappa shape index (κ1) is 78.5. The number of anilines is 9. The van der Waals surface area contributed by atoms with Crippen molar-refractivity contribution in [2.24, 2.45) is 53.3 Å². The van der Waals surface area contributed by atoms with Crippen molar-refractivity contribution < 1.29 is 4.42 Å². The number of fused-ring (bicyclic) bond motifs is 9. The van der Waals surface area contributed by atoms with E-state index in [0.29, 0.717) is 22.2 Å². The molecule has 15 aliphatic carbocycles. The Kier molecular flexibility index (Phi) is 20.2. The van der Waals surface area contributed by atoms with Crippen molar-refractivity contribution in [2.45, 2.75) is 246 Å². The number of thiophene rings is 2. The first-order valence-electron chi connectivity index (χ1n) is 49.9. The van der Waals surface area contributed by atoms with Gasteiger partial charge in [0.15, 0.2) is 0 Å². The number of para-hydroxylation sites is 1. The van der Waals surface area contributed by atoms with E-state index in [2.05, 4.69) is 288 Å². The SMILES string of the molecule is c1ccc2c(c1)oc1cccc(N(c3ccc(C4CCCCC4)cc3)c3ccc(C45CC6CC(CC(C6)C4)C5)cc3)c12.c1ccc2c(c1)sc1c(N(c3ccc(C4CCCCC4)cc3)c3ccc(C45CC6CC(CC(C6)C4)C5)cc3)cccc12.c1ccc2c(c1)sc1cc(N(c3ccc(C4CCCCC4)cc3)c3ccc(C45CC6CC(CC(C6)C4)C5)cc3)ccc12. The molecule has 0 aliphatic heterocycles. The van der Waals surface area contributed by atoms with Gasteiger partial charge in [0.2, 0.25) is 0 Å². The van der Waals surface area contributed by atoms with E-state index in [1.54, 1.807) is 16.7 Å². The highest BCUT2D eigenvalue weighted by molar-refractivity contribution is 7.26. The van der Waals surface area contributed by atoms with Crippen molar-refractivity contribution in [1.29, 1.82) is 0 Å². The second-order valence-electron chi connectivity index (χ2n) is 42.8. The standard InChI is InChI=1S/C40H41NO.2C40H41NS/c1-2-7-30(8-3-1)31-13-17-33(18-14-31)41(36-10-6-12-38-39(36)35-9-4-5-11-37(35)42-38)34-19-15-32(16-20-34)40-24-27-21-28(25-40)23-29(22-27)26-40;1-2-7-30(8-3-1)31-13-17-33(18-14-31)41(37-11-6-10-36-35-9-4-5-12-38(35)42-39(36)37)34-19-15-32(16-20-34)40-24-27-21-28(25-40)23-29(22-27)26-40;1-2-6-30(7-3-1)31-10-14-33(15-11-31)41(35-18-19-37-36-8-4-5-9-38(36)42-39(37)23-35)34-16-12-32(13-17-34)40-24-27-20-28(25-40)22-29(21-27)26-40/h2*4-6,9-20,27-30H,1-3,7-8,21-26H2;4-5,8-19,23,27-30H,1-3,6-7,20-22,24-26H2. The molecule has 15 saturated carbocycles. The maximum Gasteiger partial charge on any atom is 0.137 e. The third kappa shape index (κ3) is 14.4. The smallest absolute Gasteiger partial charge is 0.137 e. The Morgan fingerprint density at radius 2 is 0.548 bits per heavy atom. The first-order chi connectivity index (χ1) is 62.1. The Balaban J connectivity index is 0.000000103. The number of hydrogen-bond acceptors (Lipinski definition) is 6. The molecule has 0 atom stereocenters. The molecule has 636 valence electrons. The number of furan rings is 1. The van der Waals surface area contributed by atoms with Crippen LogP contribution < -0.4 is 14.7 Å². The minimum atomic E-state index is 0.417. The van der Waals surface area contributed by atoms with Crippen LogP contribution in [0, 0.1) is 53.3 Å². The monoisotopic (exact) mass is 1690 g/mol. The lowest BCUT2D eigenvalue weighted by Gasteiger charge is -2.57. The molecule has 0 radical (unpaired) electrons. The molecule has 0 N–H and O–H groups in total. The van der Waals surface area contributed by atoms with Crippen LogP contribution in [-0.4, -0.2) is 0 Å². The number of nitrogens with zero attached hydrogens (tertiary/aromatic N) is 3. The summed E-state index contributed by atoms with van der Waals surface area (Å²) >= 11 is 3.84. The molecule has 3 aromatic heterocycles. The lowest BCUT2D eigenvalue weighted by molar-refractivity contribution is -0.00530. The van der Waals surface area contributed by atoms with Crippen molar-refractivity contribution in [1.82, 2.24) is 0 Å². The third-order valence-electron chi connectivity index (χ3n) is 34.9. The highest BCUT2D eigenvalue weighted by atomic mass is 32.1. The number of benzene rings is 12. The summed E-state index contributed by atoms with van der Waals surface area (Å²) in [5.41, 5.74) is 23.8. The van der Waals surface area contributed by atoms with E-state index < -0.39 is 0 Å². The van der Waals surface area contributed by atoms with Crippen LogP contribution in [0.1, 0.15) is 263 Å². The molecule has 0 saturated heterocycles. The van der Waals surface area contributed by atoms with E-state index in [9.17, 15) is 0 Å². The molecule has 12 aromatic carbocycles. The van der Waals surface area contributed by atoms with Crippen molar-refractivity contribution in [3.8, 4) is 0 Å². The first-order valence-corrected chi connectivity index (χ1v) is 51.5. The summed E-state index contributed by atoms with van der Waals surface area (Å²) in [4.78, 5) is 7.50. The molecule has 15 aliphatic rings. The van der Waals surface area contributed by atoms with E-state index in [1.807, 2.05) is 22.7 Å². The van der Waals surface area contributed by atoms with Gasteiger partial charge in [-0.3, -0.25) is 0 Å². The maximum atomic E-state index is 6.34. The molecule has 0 amide bonds. The van der Waals surface area contributed by atoms with Gasteiger partial charge in [-0.1, -0.05) is 209 Å². The summed E-state index contributed by atoms with van der Waals surface area (Å²) in [6.45, 7) is 0. The molecule has 0 unspecified atom stereocenters. The average Bonchev–Trinajstić information content (AvgIpc) is 1.10. The van der Waals surface area contributed by atoms with E-state index >= 15 is 0 Å². The third-order valence-corrected chi connectivity index (χ3v) is 37.2.